The van der Waals surface area contributed by atoms with Crippen molar-refractivity contribution in [3.8, 4) is 0 Å². The highest BCUT2D eigenvalue weighted by Crippen LogP contribution is 2.34. The van der Waals surface area contributed by atoms with E-state index in [1.165, 1.54) is 6.42 Å². The molecule has 25 heavy (non-hydrogen) atoms. The fraction of sp³-hybridized carbons (Fsp3) is 0.947. The smallest absolute Gasteiger partial charge is 0.191 e. The van der Waals surface area contributed by atoms with Gasteiger partial charge in [-0.1, -0.05) is 20.8 Å². The molecule has 0 amide bonds. The predicted octanol–water partition coefficient (Wildman–Crippen LogP) is 2.90. The van der Waals surface area contributed by atoms with Crippen LogP contribution in [0.15, 0.2) is 4.99 Å². The van der Waals surface area contributed by atoms with Gasteiger partial charge in [-0.3, -0.25) is 4.99 Å². The van der Waals surface area contributed by atoms with Gasteiger partial charge in [0.2, 0.25) is 0 Å². The van der Waals surface area contributed by atoms with Gasteiger partial charge in [0.1, 0.15) is 0 Å². The average Bonchev–Trinajstić information content (AvgIpc) is 2.62. The van der Waals surface area contributed by atoms with Crippen LogP contribution in [-0.2, 0) is 9.47 Å². The van der Waals surface area contributed by atoms with E-state index in [1.807, 2.05) is 18.8 Å². The van der Waals surface area contributed by atoms with Gasteiger partial charge in [-0.15, -0.1) is 0 Å². The summed E-state index contributed by atoms with van der Waals surface area (Å²) in [7, 11) is 1.85. The normalized spacial score (nSPS) is 27.8. The van der Waals surface area contributed by atoms with Crippen molar-refractivity contribution in [1.29, 1.82) is 0 Å². The summed E-state index contributed by atoms with van der Waals surface area (Å²) in [6.45, 7) is 11.3. The lowest BCUT2D eigenvalue weighted by Gasteiger charge is -2.40. The molecule has 2 heterocycles. The van der Waals surface area contributed by atoms with Gasteiger partial charge < -0.3 is 20.1 Å². The monoisotopic (exact) mass is 371 g/mol. The van der Waals surface area contributed by atoms with E-state index in [9.17, 15) is 0 Å². The maximum absolute atomic E-state index is 6.09. The summed E-state index contributed by atoms with van der Waals surface area (Å²) in [6, 6.07) is 0. The summed E-state index contributed by atoms with van der Waals surface area (Å²) in [5.41, 5.74) is 0.175. The molecule has 146 valence electrons. The summed E-state index contributed by atoms with van der Waals surface area (Å²) in [5.74, 6) is 1.43. The zero-order valence-electron chi connectivity index (χ0n) is 16.7. The van der Waals surface area contributed by atoms with Crippen molar-refractivity contribution in [2.45, 2.75) is 57.3 Å². The molecule has 0 saturated carbocycles. The number of nitrogens with one attached hydrogen (secondary N) is 2. The van der Waals surface area contributed by atoms with E-state index in [1.54, 1.807) is 0 Å². The topological polar surface area (TPSA) is 54.9 Å². The van der Waals surface area contributed by atoms with Crippen molar-refractivity contribution < 1.29 is 9.47 Å². The lowest BCUT2D eigenvalue weighted by Crippen LogP contribution is -2.50. The van der Waals surface area contributed by atoms with Crippen molar-refractivity contribution in [3.05, 3.63) is 0 Å². The van der Waals surface area contributed by atoms with E-state index in [2.05, 4.69) is 42.7 Å². The fourth-order valence-corrected chi connectivity index (χ4v) is 4.69. The van der Waals surface area contributed by atoms with Gasteiger partial charge in [0.25, 0.3) is 0 Å². The second-order valence-corrected chi connectivity index (χ2v) is 9.64. The summed E-state index contributed by atoms with van der Waals surface area (Å²) in [6.07, 6.45) is 7.08. The first-order valence-corrected chi connectivity index (χ1v) is 10.8. The minimum absolute atomic E-state index is 0.175. The zero-order chi connectivity index (χ0) is 18.3. The van der Waals surface area contributed by atoms with Crippen LogP contribution in [0.5, 0.6) is 0 Å². The summed E-state index contributed by atoms with van der Waals surface area (Å²) in [5, 5.41) is 7.09. The quantitative estimate of drug-likeness (QED) is 0.575. The highest BCUT2D eigenvalue weighted by molar-refractivity contribution is 8.00. The van der Waals surface area contributed by atoms with Gasteiger partial charge >= 0.3 is 0 Å². The molecule has 0 aromatic carbocycles. The third kappa shape index (κ3) is 6.04. The highest BCUT2D eigenvalue weighted by Gasteiger charge is 2.35. The molecule has 0 aliphatic carbocycles. The van der Waals surface area contributed by atoms with Crippen molar-refractivity contribution in [2.75, 3.05) is 46.2 Å². The van der Waals surface area contributed by atoms with Crippen LogP contribution in [0.1, 0.15) is 46.5 Å². The van der Waals surface area contributed by atoms with Gasteiger partial charge in [0, 0.05) is 50.6 Å². The number of thioether (sulfide) groups is 1. The molecule has 2 atom stereocenters. The molecule has 2 N–H and O–H groups in total. The van der Waals surface area contributed by atoms with Gasteiger partial charge in [-0.2, -0.15) is 11.8 Å². The summed E-state index contributed by atoms with van der Waals surface area (Å²) in [4.78, 5) is 4.42. The maximum atomic E-state index is 6.09. The molecule has 0 bridgehead atoms. The van der Waals surface area contributed by atoms with Crippen LogP contribution < -0.4 is 10.6 Å². The second-order valence-electron chi connectivity index (χ2n) is 8.37. The van der Waals surface area contributed by atoms with Gasteiger partial charge in [0.15, 0.2) is 5.96 Å². The first-order chi connectivity index (χ1) is 11.9. The highest BCUT2D eigenvalue weighted by atomic mass is 32.2. The standard InChI is InChI=1S/C19H37N3O2S/c1-18(2,3)16-15(7-6-10-24-16)13-21-17(20-4)22-14-19(25-5)8-11-23-12-9-19/h15-16H,6-14H2,1-5H3,(H2,20,21,22). The minimum atomic E-state index is 0.175. The molecule has 6 heteroatoms. The Morgan fingerprint density at radius 3 is 2.52 bits per heavy atom. The molecule has 5 nitrogen and oxygen atoms in total. The van der Waals surface area contributed by atoms with Crippen molar-refractivity contribution in [1.82, 2.24) is 10.6 Å². The number of nitrogens with zero attached hydrogens (tertiary/aromatic N) is 1. The zero-order valence-corrected chi connectivity index (χ0v) is 17.5. The molecule has 0 aromatic rings. The molecular weight excluding hydrogens is 334 g/mol. The third-order valence-electron chi connectivity index (χ3n) is 5.47. The Hall–Kier alpha value is -0.460. The van der Waals surface area contributed by atoms with Crippen LogP contribution in [0, 0.1) is 11.3 Å². The van der Waals surface area contributed by atoms with Crippen LogP contribution >= 0.6 is 11.8 Å². The Labute approximate surface area is 158 Å². The Morgan fingerprint density at radius 1 is 1.20 bits per heavy atom. The van der Waals surface area contributed by atoms with E-state index in [0.29, 0.717) is 12.0 Å². The minimum Gasteiger partial charge on any atom is -0.381 e. The SMILES string of the molecule is CN=C(NCC1CCCOC1C(C)(C)C)NCC1(SC)CCOCC1. The molecule has 2 rings (SSSR count). The lowest BCUT2D eigenvalue weighted by molar-refractivity contribution is -0.0835. The number of guanidine groups is 1. The van der Waals surface area contributed by atoms with Gasteiger partial charge in [0.05, 0.1) is 6.10 Å². The summed E-state index contributed by atoms with van der Waals surface area (Å²) >= 11 is 1.95. The molecule has 2 aliphatic rings. The van der Waals surface area contributed by atoms with E-state index in [-0.39, 0.29) is 10.2 Å². The average molecular weight is 372 g/mol. The molecule has 2 saturated heterocycles. The van der Waals surface area contributed by atoms with Crippen molar-refractivity contribution in [3.63, 3.8) is 0 Å². The molecule has 0 aromatic heterocycles. The number of hydrogen-bond donors (Lipinski definition) is 2. The van der Waals surface area contributed by atoms with Crippen LogP contribution in [-0.4, -0.2) is 63.0 Å². The van der Waals surface area contributed by atoms with Crippen LogP contribution in [0.3, 0.4) is 0 Å². The van der Waals surface area contributed by atoms with E-state index in [4.69, 9.17) is 9.47 Å². The Kier molecular flexibility index (Phi) is 7.90. The van der Waals surface area contributed by atoms with Crippen LogP contribution in [0.4, 0.5) is 0 Å². The van der Waals surface area contributed by atoms with E-state index < -0.39 is 0 Å². The van der Waals surface area contributed by atoms with Crippen molar-refractivity contribution in [2.24, 2.45) is 16.3 Å². The van der Waals surface area contributed by atoms with Gasteiger partial charge in [-0.05, 0) is 37.4 Å². The maximum Gasteiger partial charge on any atom is 0.191 e. The largest absolute Gasteiger partial charge is 0.381 e. The predicted molar refractivity (Wildman–Crippen MR) is 108 cm³/mol. The first kappa shape index (κ1) is 20.8. The molecule has 2 aliphatic heterocycles. The first-order valence-electron chi connectivity index (χ1n) is 9.59. The third-order valence-corrected chi connectivity index (χ3v) is 6.89. The van der Waals surface area contributed by atoms with Crippen LogP contribution in [0.25, 0.3) is 0 Å². The van der Waals surface area contributed by atoms with Gasteiger partial charge in [-0.25, -0.2) is 0 Å². The Bertz CT molecular complexity index is 431. The second kappa shape index (κ2) is 9.47. The Morgan fingerprint density at radius 2 is 1.92 bits per heavy atom. The molecule has 0 spiro atoms. The molecular formula is C19H37N3O2S. The number of ether oxygens (including phenoxy) is 2. The summed E-state index contributed by atoms with van der Waals surface area (Å²) < 4.78 is 11.9. The molecule has 2 fully saturated rings. The van der Waals surface area contributed by atoms with E-state index in [0.717, 1.165) is 58.1 Å². The lowest BCUT2D eigenvalue weighted by atomic mass is 9.78. The fourth-order valence-electron chi connectivity index (χ4n) is 3.90. The Balaban J connectivity index is 1.85. The van der Waals surface area contributed by atoms with Crippen molar-refractivity contribution >= 4 is 17.7 Å². The van der Waals surface area contributed by atoms with E-state index >= 15 is 0 Å². The number of hydrogen-bond acceptors (Lipinski definition) is 4. The molecule has 0 radical (unpaired) electrons. The molecule has 2 unspecified atom stereocenters. The number of rotatable bonds is 5. The van der Waals surface area contributed by atoms with Crippen LogP contribution in [0.2, 0.25) is 0 Å². The number of aliphatic imine (C=N–C) groups is 1.